The Bertz CT molecular complexity index is 1250. The van der Waals surface area contributed by atoms with Crippen LogP contribution in [0.5, 0.6) is 0 Å². The molecule has 1 aliphatic heterocycles. The second-order valence-electron chi connectivity index (χ2n) is 8.52. The first kappa shape index (κ1) is 21.0. The summed E-state index contributed by atoms with van der Waals surface area (Å²) in [4.78, 5) is 16.5. The molecule has 0 spiro atoms. The molecule has 0 N–H and O–H groups in total. The van der Waals surface area contributed by atoms with Gasteiger partial charge in [-0.2, -0.15) is 0 Å². The van der Waals surface area contributed by atoms with E-state index in [1.807, 2.05) is 72.8 Å². The fourth-order valence-electron chi connectivity index (χ4n) is 4.89. The Morgan fingerprint density at radius 1 is 0.667 bits per heavy atom. The molecule has 0 saturated heterocycles. The highest BCUT2D eigenvalue weighted by atomic mass is 16.2. The molecular formula is C31H27NO. The molecule has 0 aliphatic carbocycles. The van der Waals surface area contributed by atoms with Crippen LogP contribution in [0.25, 0.3) is 11.1 Å². The standard InChI is InChI=1S/C31H27NO/c1-23(24-14-6-2-7-15-24)32-29(26-18-10-4-11-19-26)22-28(25-16-8-3-9-17-25)30(31(32)33)27-20-12-5-13-21-27/h2-21,23,29H,22H2,1H3/t23-,29-/m0/s1. The van der Waals surface area contributed by atoms with Crippen molar-refractivity contribution in [1.29, 1.82) is 0 Å². The number of hydrogen-bond acceptors (Lipinski definition) is 1. The predicted molar refractivity (Wildman–Crippen MR) is 135 cm³/mol. The fourth-order valence-corrected chi connectivity index (χ4v) is 4.89. The minimum atomic E-state index is -0.0556. The van der Waals surface area contributed by atoms with E-state index < -0.39 is 0 Å². The average molecular weight is 430 g/mol. The Morgan fingerprint density at radius 3 is 1.73 bits per heavy atom. The normalized spacial score (nSPS) is 17.2. The van der Waals surface area contributed by atoms with Crippen LogP contribution in [-0.2, 0) is 4.79 Å². The van der Waals surface area contributed by atoms with Crippen LogP contribution in [0, 0.1) is 0 Å². The topological polar surface area (TPSA) is 20.3 Å². The Balaban J connectivity index is 1.72. The lowest BCUT2D eigenvalue weighted by molar-refractivity contribution is -0.130. The monoisotopic (exact) mass is 429 g/mol. The third-order valence-electron chi connectivity index (χ3n) is 6.55. The van der Waals surface area contributed by atoms with Gasteiger partial charge in [0.15, 0.2) is 0 Å². The van der Waals surface area contributed by atoms with E-state index in [1.165, 1.54) is 0 Å². The van der Waals surface area contributed by atoms with Crippen molar-refractivity contribution in [2.24, 2.45) is 0 Å². The maximum absolute atomic E-state index is 14.4. The van der Waals surface area contributed by atoms with Gasteiger partial charge in [0, 0.05) is 0 Å². The molecule has 1 aliphatic rings. The van der Waals surface area contributed by atoms with Crippen molar-refractivity contribution in [3.63, 3.8) is 0 Å². The van der Waals surface area contributed by atoms with Gasteiger partial charge in [-0.25, -0.2) is 0 Å². The number of benzene rings is 4. The van der Waals surface area contributed by atoms with Crippen molar-refractivity contribution in [1.82, 2.24) is 4.90 Å². The number of hydrogen-bond donors (Lipinski definition) is 0. The van der Waals surface area contributed by atoms with Crippen molar-refractivity contribution in [3.05, 3.63) is 144 Å². The summed E-state index contributed by atoms with van der Waals surface area (Å²) >= 11 is 0. The number of rotatable bonds is 5. The van der Waals surface area contributed by atoms with Crippen LogP contribution in [0.2, 0.25) is 0 Å². The maximum Gasteiger partial charge on any atom is 0.255 e. The maximum atomic E-state index is 14.4. The molecule has 0 fully saturated rings. The van der Waals surface area contributed by atoms with Gasteiger partial charge in [-0.1, -0.05) is 121 Å². The van der Waals surface area contributed by atoms with Gasteiger partial charge < -0.3 is 4.90 Å². The lowest BCUT2D eigenvalue weighted by Gasteiger charge is -2.42. The van der Waals surface area contributed by atoms with E-state index in [0.29, 0.717) is 0 Å². The molecule has 33 heavy (non-hydrogen) atoms. The van der Waals surface area contributed by atoms with E-state index in [1.54, 1.807) is 0 Å². The summed E-state index contributed by atoms with van der Waals surface area (Å²) in [5.74, 6) is 0.0801. The molecule has 162 valence electrons. The molecule has 5 rings (SSSR count). The number of carbonyl (C=O) groups is 1. The van der Waals surface area contributed by atoms with Gasteiger partial charge in [-0.05, 0) is 41.2 Å². The summed E-state index contributed by atoms with van der Waals surface area (Å²) in [6.07, 6.45) is 0.765. The molecule has 4 aromatic rings. The van der Waals surface area contributed by atoms with Crippen LogP contribution in [0.1, 0.15) is 47.7 Å². The Labute approximate surface area is 195 Å². The summed E-state index contributed by atoms with van der Waals surface area (Å²) in [5, 5.41) is 0. The highest BCUT2D eigenvalue weighted by Gasteiger charge is 2.39. The first-order chi connectivity index (χ1) is 16.2. The van der Waals surface area contributed by atoms with Crippen LogP contribution in [0.3, 0.4) is 0 Å². The van der Waals surface area contributed by atoms with Crippen LogP contribution in [0.15, 0.2) is 121 Å². The van der Waals surface area contributed by atoms with Crippen LogP contribution < -0.4 is 0 Å². The molecule has 0 aromatic heterocycles. The van der Waals surface area contributed by atoms with E-state index in [0.717, 1.165) is 39.8 Å². The molecule has 0 unspecified atom stereocenters. The van der Waals surface area contributed by atoms with Crippen LogP contribution in [-0.4, -0.2) is 10.8 Å². The lowest BCUT2D eigenvalue weighted by Crippen LogP contribution is -2.41. The van der Waals surface area contributed by atoms with Crippen molar-refractivity contribution in [2.75, 3.05) is 0 Å². The molecule has 2 atom stereocenters. The highest BCUT2D eigenvalue weighted by molar-refractivity contribution is 6.28. The van der Waals surface area contributed by atoms with E-state index in [9.17, 15) is 4.79 Å². The molecule has 4 aromatic carbocycles. The zero-order chi connectivity index (χ0) is 22.6. The summed E-state index contributed by atoms with van der Waals surface area (Å²) < 4.78 is 0. The van der Waals surface area contributed by atoms with E-state index in [4.69, 9.17) is 0 Å². The summed E-state index contributed by atoms with van der Waals surface area (Å²) in [6.45, 7) is 2.14. The SMILES string of the molecule is C[C@@H](c1ccccc1)N1C(=O)C(c2ccccc2)=C(c2ccccc2)C[C@H]1c1ccccc1. The van der Waals surface area contributed by atoms with Crippen molar-refractivity contribution in [2.45, 2.75) is 25.4 Å². The third-order valence-corrected chi connectivity index (χ3v) is 6.55. The first-order valence-electron chi connectivity index (χ1n) is 11.5. The van der Waals surface area contributed by atoms with E-state index >= 15 is 0 Å². The summed E-state index contributed by atoms with van der Waals surface area (Å²) in [7, 11) is 0. The van der Waals surface area contributed by atoms with Gasteiger partial charge in [-0.3, -0.25) is 4.79 Å². The largest absolute Gasteiger partial charge is 0.324 e. The van der Waals surface area contributed by atoms with Gasteiger partial charge in [0.1, 0.15) is 0 Å². The molecule has 0 radical (unpaired) electrons. The number of amides is 1. The Hall–Kier alpha value is -3.91. The zero-order valence-corrected chi connectivity index (χ0v) is 18.8. The fraction of sp³-hybridized carbons (Fsp3) is 0.129. The Morgan fingerprint density at radius 2 is 1.15 bits per heavy atom. The zero-order valence-electron chi connectivity index (χ0n) is 18.8. The highest BCUT2D eigenvalue weighted by Crippen LogP contribution is 2.46. The third kappa shape index (κ3) is 4.12. The van der Waals surface area contributed by atoms with Crippen molar-refractivity contribution >= 4 is 17.1 Å². The Kier molecular flexibility index (Phi) is 5.91. The van der Waals surface area contributed by atoms with Crippen LogP contribution in [0.4, 0.5) is 0 Å². The average Bonchev–Trinajstić information content (AvgIpc) is 2.90. The molecule has 2 nitrogen and oxygen atoms in total. The quantitative estimate of drug-likeness (QED) is 0.325. The van der Waals surface area contributed by atoms with Gasteiger partial charge in [0.25, 0.3) is 5.91 Å². The second kappa shape index (κ2) is 9.30. The minimum Gasteiger partial charge on any atom is -0.324 e. The molecule has 2 heteroatoms. The summed E-state index contributed by atoms with van der Waals surface area (Å²) in [5.41, 5.74) is 6.29. The molecule has 1 amide bonds. The van der Waals surface area contributed by atoms with Crippen LogP contribution >= 0.6 is 0 Å². The van der Waals surface area contributed by atoms with Crippen molar-refractivity contribution < 1.29 is 4.79 Å². The van der Waals surface area contributed by atoms with Gasteiger partial charge >= 0.3 is 0 Å². The first-order valence-corrected chi connectivity index (χ1v) is 11.5. The molecular weight excluding hydrogens is 402 g/mol. The second-order valence-corrected chi connectivity index (χ2v) is 8.52. The minimum absolute atomic E-state index is 0.0448. The van der Waals surface area contributed by atoms with Crippen molar-refractivity contribution in [3.8, 4) is 0 Å². The molecule has 0 saturated carbocycles. The van der Waals surface area contributed by atoms with E-state index in [2.05, 4.69) is 60.4 Å². The van der Waals surface area contributed by atoms with E-state index in [-0.39, 0.29) is 18.0 Å². The number of nitrogens with zero attached hydrogens (tertiary/aromatic N) is 1. The van der Waals surface area contributed by atoms with Gasteiger partial charge in [-0.15, -0.1) is 0 Å². The predicted octanol–water partition coefficient (Wildman–Crippen LogP) is 7.33. The van der Waals surface area contributed by atoms with Gasteiger partial charge in [0.05, 0.1) is 17.7 Å². The molecule has 1 heterocycles. The molecule has 0 bridgehead atoms. The van der Waals surface area contributed by atoms with Gasteiger partial charge in [0.2, 0.25) is 0 Å². The summed E-state index contributed by atoms with van der Waals surface area (Å²) in [6, 6.07) is 41.1. The smallest absolute Gasteiger partial charge is 0.255 e. The number of carbonyl (C=O) groups excluding carboxylic acids is 1. The lowest BCUT2D eigenvalue weighted by atomic mass is 9.82.